The van der Waals surface area contributed by atoms with Crippen molar-refractivity contribution in [3.05, 3.63) is 59.1 Å². The smallest absolute Gasteiger partial charge is 0.229 e. The van der Waals surface area contributed by atoms with Crippen LogP contribution in [0.5, 0.6) is 5.75 Å². The van der Waals surface area contributed by atoms with Crippen molar-refractivity contribution < 1.29 is 14.3 Å². The molecule has 3 rings (SSSR count). The number of nitrogens with zero attached hydrogens (tertiary/aromatic N) is 1. The molecule has 1 fully saturated rings. The van der Waals surface area contributed by atoms with Crippen molar-refractivity contribution in [2.24, 2.45) is 5.92 Å². The lowest BCUT2D eigenvalue weighted by molar-refractivity contribution is -0.128. The van der Waals surface area contributed by atoms with Gasteiger partial charge in [0.1, 0.15) is 5.75 Å². The predicted molar refractivity (Wildman–Crippen MR) is 101 cm³/mol. The van der Waals surface area contributed by atoms with Gasteiger partial charge < -0.3 is 15.0 Å². The lowest BCUT2D eigenvalue weighted by Crippen LogP contribution is -2.30. The van der Waals surface area contributed by atoms with Gasteiger partial charge in [0.25, 0.3) is 0 Å². The van der Waals surface area contributed by atoms with Crippen LogP contribution < -0.4 is 10.1 Å². The second-order valence-electron chi connectivity index (χ2n) is 6.34. The highest BCUT2D eigenvalue weighted by molar-refractivity contribution is 6.30. The van der Waals surface area contributed by atoms with Gasteiger partial charge in [0, 0.05) is 36.3 Å². The first-order valence-corrected chi connectivity index (χ1v) is 8.90. The Hall–Kier alpha value is -2.53. The van der Waals surface area contributed by atoms with E-state index in [1.807, 2.05) is 36.4 Å². The van der Waals surface area contributed by atoms with E-state index in [9.17, 15) is 9.59 Å². The van der Waals surface area contributed by atoms with Crippen molar-refractivity contribution >= 4 is 29.1 Å². The van der Waals surface area contributed by atoms with Gasteiger partial charge in [0.2, 0.25) is 11.8 Å². The Morgan fingerprint density at radius 1 is 1.27 bits per heavy atom. The second-order valence-corrected chi connectivity index (χ2v) is 6.77. The Labute approximate surface area is 157 Å². The highest BCUT2D eigenvalue weighted by atomic mass is 35.5. The van der Waals surface area contributed by atoms with Gasteiger partial charge in [-0.1, -0.05) is 29.8 Å². The van der Waals surface area contributed by atoms with Crippen molar-refractivity contribution in [1.29, 1.82) is 0 Å². The molecule has 0 spiro atoms. The third-order valence-corrected chi connectivity index (χ3v) is 4.76. The first-order chi connectivity index (χ1) is 12.5. The maximum atomic E-state index is 12.5. The van der Waals surface area contributed by atoms with Crippen molar-refractivity contribution in [3.63, 3.8) is 0 Å². The maximum Gasteiger partial charge on any atom is 0.229 e. The normalized spacial score (nSPS) is 16.6. The van der Waals surface area contributed by atoms with Crippen LogP contribution in [0.4, 0.5) is 5.69 Å². The van der Waals surface area contributed by atoms with E-state index in [1.54, 1.807) is 24.1 Å². The molecule has 1 N–H and O–H groups in total. The largest absolute Gasteiger partial charge is 0.497 e. The summed E-state index contributed by atoms with van der Waals surface area (Å²) in [6.07, 6.45) is 0.990. The number of nitrogens with one attached hydrogen (secondary N) is 1. The number of carbonyl (C=O) groups is 2. The molecule has 0 saturated carbocycles. The Kier molecular flexibility index (Phi) is 5.78. The van der Waals surface area contributed by atoms with Gasteiger partial charge in [-0.05, 0) is 36.2 Å². The number of methoxy groups -OCH3 is 1. The summed E-state index contributed by atoms with van der Waals surface area (Å²) in [4.78, 5) is 26.4. The number of benzene rings is 2. The second kappa shape index (κ2) is 8.23. The summed E-state index contributed by atoms with van der Waals surface area (Å²) in [6, 6.07) is 14.8. The first kappa shape index (κ1) is 18.3. The minimum Gasteiger partial charge on any atom is -0.497 e. The monoisotopic (exact) mass is 372 g/mol. The van der Waals surface area contributed by atoms with Crippen LogP contribution in [-0.2, 0) is 16.0 Å². The average molecular weight is 373 g/mol. The summed E-state index contributed by atoms with van der Waals surface area (Å²) in [6.45, 7) is 1.05. The Balaban J connectivity index is 1.54. The fraction of sp³-hybridized carbons (Fsp3) is 0.300. The molecular formula is C20H21ClN2O3. The Morgan fingerprint density at radius 3 is 2.77 bits per heavy atom. The molecule has 0 radical (unpaired) electrons. The summed E-state index contributed by atoms with van der Waals surface area (Å²) in [5.41, 5.74) is 1.79. The fourth-order valence-corrected chi connectivity index (χ4v) is 3.15. The first-order valence-electron chi connectivity index (χ1n) is 8.52. The number of hydrogen-bond acceptors (Lipinski definition) is 3. The van der Waals surface area contributed by atoms with Crippen LogP contribution in [0.2, 0.25) is 5.02 Å². The number of amides is 2. The molecule has 1 aliphatic heterocycles. The van der Waals surface area contributed by atoms with E-state index in [1.165, 1.54) is 0 Å². The molecule has 0 aromatic heterocycles. The summed E-state index contributed by atoms with van der Waals surface area (Å²) in [5, 5.41) is 3.56. The number of likely N-dealkylation sites (tertiary alicyclic amines) is 1. The average Bonchev–Trinajstić information content (AvgIpc) is 3.02. The zero-order chi connectivity index (χ0) is 18.5. The minimum atomic E-state index is -0.334. The van der Waals surface area contributed by atoms with Gasteiger partial charge in [-0.2, -0.15) is 0 Å². The fourth-order valence-electron chi connectivity index (χ4n) is 3.02. The van der Waals surface area contributed by atoms with Crippen LogP contribution in [0.1, 0.15) is 12.0 Å². The molecule has 1 atom stereocenters. The molecule has 0 aliphatic carbocycles. The molecule has 5 nitrogen and oxygen atoms in total. The molecule has 0 bridgehead atoms. The highest BCUT2D eigenvalue weighted by Gasteiger charge is 2.34. The molecule has 1 heterocycles. The van der Waals surface area contributed by atoms with Crippen molar-refractivity contribution in [2.75, 3.05) is 25.5 Å². The zero-order valence-electron chi connectivity index (χ0n) is 14.6. The third kappa shape index (κ3) is 4.55. The van der Waals surface area contributed by atoms with E-state index in [0.717, 1.165) is 12.0 Å². The van der Waals surface area contributed by atoms with Crippen molar-refractivity contribution in [2.45, 2.75) is 12.8 Å². The van der Waals surface area contributed by atoms with Crippen molar-refractivity contribution in [3.8, 4) is 5.75 Å². The third-order valence-electron chi connectivity index (χ3n) is 4.51. The van der Waals surface area contributed by atoms with E-state index in [0.29, 0.717) is 29.5 Å². The minimum absolute atomic E-state index is 0.0183. The lowest BCUT2D eigenvalue weighted by Gasteiger charge is -2.16. The topological polar surface area (TPSA) is 58.6 Å². The predicted octanol–water partition coefficient (Wildman–Crippen LogP) is 3.38. The number of anilines is 1. The summed E-state index contributed by atoms with van der Waals surface area (Å²) in [5.74, 6) is 0.221. The van der Waals surface area contributed by atoms with Gasteiger partial charge in [-0.25, -0.2) is 0 Å². The van der Waals surface area contributed by atoms with E-state index >= 15 is 0 Å². The van der Waals surface area contributed by atoms with Gasteiger partial charge in [0.15, 0.2) is 0 Å². The van der Waals surface area contributed by atoms with E-state index in [-0.39, 0.29) is 24.2 Å². The van der Waals surface area contributed by atoms with Crippen molar-refractivity contribution in [1.82, 2.24) is 4.90 Å². The van der Waals surface area contributed by atoms with Crippen LogP contribution >= 0.6 is 11.6 Å². The molecule has 2 aromatic rings. The molecule has 2 aromatic carbocycles. The van der Waals surface area contributed by atoms with E-state index in [2.05, 4.69) is 5.32 Å². The van der Waals surface area contributed by atoms with Crippen LogP contribution in [0.3, 0.4) is 0 Å². The molecule has 1 aliphatic rings. The van der Waals surface area contributed by atoms with E-state index in [4.69, 9.17) is 16.3 Å². The zero-order valence-corrected chi connectivity index (χ0v) is 15.3. The van der Waals surface area contributed by atoms with Crippen LogP contribution in [0, 0.1) is 5.92 Å². The number of ether oxygens (including phenoxy) is 1. The molecule has 136 valence electrons. The number of hydrogen-bond donors (Lipinski definition) is 1. The highest BCUT2D eigenvalue weighted by Crippen LogP contribution is 2.22. The van der Waals surface area contributed by atoms with Crippen LogP contribution in [0.25, 0.3) is 0 Å². The molecule has 6 heteroatoms. The molecular weight excluding hydrogens is 352 g/mol. The van der Waals surface area contributed by atoms with Gasteiger partial charge in [0.05, 0.1) is 13.0 Å². The number of rotatable bonds is 6. The summed E-state index contributed by atoms with van der Waals surface area (Å²) < 4.78 is 5.16. The molecule has 1 unspecified atom stereocenters. The quantitative estimate of drug-likeness (QED) is 0.845. The Morgan fingerprint density at radius 2 is 2.04 bits per heavy atom. The molecule has 26 heavy (non-hydrogen) atoms. The van der Waals surface area contributed by atoms with Gasteiger partial charge >= 0.3 is 0 Å². The standard InChI is InChI=1S/C20H21ClN2O3/c1-26-18-4-2-3-17(12-18)22-20(25)15-11-19(24)23(13-15)10-9-14-5-7-16(21)8-6-14/h2-8,12,15H,9-11,13H2,1H3,(H,22,25). The SMILES string of the molecule is COc1cccc(NC(=O)C2CC(=O)N(CCc3ccc(Cl)cc3)C2)c1. The maximum absolute atomic E-state index is 12.5. The molecule has 2 amide bonds. The lowest BCUT2D eigenvalue weighted by atomic mass is 10.1. The Bertz CT molecular complexity index is 792. The number of carbonyl (C=O) groups excluding carboxylic acids is 2. The number of halogens is 1. The van der Waals surface area contributed by atoms with Gasteiger partial charge in [-0.3, -0.25) is 9.59 Å². The van der Waals surface area contributed by atoms with Crippen LogP contribution in [-0.4, -0.2) is 36.9 Å². The van der Waals surface area contributed by atoms with Crippen LogP contribution in [0.15, 0.2) is 48.5 Å². The summed E-state index contributed by atoms with van der Waals surface area (Å²) in [7, 11) is 1.58. The van der Waals surface area contributed by atoms with E-state index < -0.39 is 0 Å². The molecule has 1 saturated heterocycles. The summed E-state index contributed by atoms with van der Waals surface area (Å²) >= 11 is 5.88. The van der Waals surface area contributed by atoms with Gasteiger partial charge in [-0.15, -0.1) is 0 Å².